The van der Waals surface area contributed by atoms with Gasteiger partial charge in [0.15, 0.2) is 6.23 Å². The fourth-order valence-electron chi connectivity index (χ4n) is 1.60. The lowest BCUT2D eigenvalue weighted by Crippen LogP contribution is -2.52. The van der Waals surface area contributed by atoms with Gasteiger partial charge in [0.2, 0.25) is 0 Å². The Bertz CT molecular complexity index is 256. The van der Waals surface area contributed by atoms with Crippen LogP contribution in [0.4, 0.5) is 0 Å². The number of rotatable bonds is 2. The normalized spacial score (nSPS) is 26.9. The first kappa shape index (κ1) is 11.5. The zero-order valence-corrected chi connectivity index (χ0v) is 9.90. The maximum atomic E-state index is 9.30. The lowest BCUT2D eigenvalue weighted by Gasteiger charge is -2.38. The van der Waals surface area contributed by atoms with E-state index in [2.05, 4.69) is 10.3 Å². The molecule has 15 heavy (non-hydrogen) atoms. The van der Waals surface area contributed by atoms with E-state index in [-0.39, 0.29) is 4.08 Å². The Balaban J connectivity index is 1.97. The number of nitrogens with zero attached hydrogens (tertiary/aromatic N) is 1. The number of aliphatic hydroxyl groups excluding tert-OH is 1. The van der Waals surface area contributed by atoms with Gasteiger partial charge in [-0.1, -0.05) is 0 Å². The van der Waals surface area contributed by atoms with Crippen molar-refractivity contribution in [3.63, 3.8) is 0 Å². The molecule has 0 aliphatic carbocycles. The number of nitrogens with one attached hydrogen (secondary N) is 2. The first-order chi connectivity index (χ1) is 7.26. The Morgan fingerprint density at radius 1 is 1.47 bits per heavy atom. The standard InChI is InChI=1S/C8H15N3O2S2/c12-7(11-13)6-9-4-8(5-10-6)14-2-1-3-15-8/h7,11-13H,1-5H2,(H,9,10). The van der Waals surface area contributed by atoms with E-state index in [1.54, 1.807) is 5.48 Å². The molecule has 2 rings (SSSR count). The Labute approximate surface area is 97.1 Å². The lowest BCUT2D eigenvalue weighted by molar-refractivity contribution is 0.0410. The van der Waals surface area contributed by atoms with Gasteiger partial charge >= 0.3 is 0 Å². The zero-order chi connectivity index (χ0) is 10.7. The number of hydrogen-bond acceptors (Lipinski definition) is 7. The quantitative estimate of drug-likeness (QED) is 0.403. The van der Waals surface area contributed by atoms with Crippen LogP contribution in [0.5, 0.6) is 0 Å². The first-order valence-electron chi connectivity index (χ1n) is 4.90. The van der Waals surface area contributed by atoms with Crippen LogP contribution in [0, 0.1) is 0 Å². The minimum absolute atomic E-state index is 0.136. The number of aliphatic imine (C=N–C) groups is 1. The van der Waals surface area contributed by atoms with E-state index in [0.29, 0.717) is 12.4 Å². The summed E-state index contributed by atoms with van der Waals surface area (Å²) in [6.07, 6.45) is 0.162. The molecule has 0 saturated carbocycles. The smallest absolute Gasteiger partial charge is 0.184 e. The molecular formula is C8H15N3O2S2. The molecule has 1 atom stereocenters. The van der Waals surface area contributed by atoms with E-state index < -0.39 is 6.23 Å². The van der Waals surface area contributed by atoms with Crippen molar-refractivity contribution in [2.24, 2.45) is 4.99 Å². The molecule has 4 N–H and O–H groups in total. The highest BCUT2D eigenvalue weighted by molar-refractivity contribution is 8.18. The summed E-state index contributed by atoms with van der Waals surface area (Å²) in [6.45, 7) is 1.49. The van der Waals surface area contributed by atoms with Crippen LogP contribution in [0.15, 0.2) is 4.99 Å². The highest BCUT2D eigenvalue weighted by Gasteiger charge is 2.36. The van der Waals surface area contributed by atoms with Crippen LogP contribution in [-0.4, -0.2) is 51.1 Å². The van der Waals surface area contributed by atoms with Gasteiger partial charge in [0.25, 0.3) is 0 Å². The monoisotopic (exact) mass is 249 g/mol. The van der Waals surface area contributed by atoms with Gasteiger partial charge in [-0.05, 0) is 17.9 Å². The summed E-state index contributed by atoms with van der Waals surface area (Å²) in [5.41, 5.74) is 1.77. The van der Waals surface area contributed by atoms with E-state index in [9.17, 15) is 5.11 Å². The number of hydrogen-bond donors (Lipinski definition) is 4. The molecule has 0 aromatic carbocycles. The molecule has 1 fully saturated rings. The van der Waals surface area contributed by atoms with Gasteiger partial charge in [-0.3, -0.25) is 4.99 Å². The average molecular weight is 249 g/mol. The molecule has 2 aliphatic rings. The van der Waals surface area contributed by atoms with Crippen LogP contribution in [0.25, 0.3) is 0 Å². The molecule has 0 aromatic rings. The molecular weight excluding hydrogens is 234 g/mol. The SMILES string of the molecule is ONC(O)C1=NCC2(CN1)SCCCS2. The van der Waals surface area contributed by atoms with E-state index in [1.165, 1.54) is 17.9 Å². The minimum Gasteiger partial charge on any atom is -0.370 e. The van der Waals surface area contributed by atoms with Crippen LogP contribution in [0.1, 0.15) is 6.42 Å². The third-order valence-corrected chi connectivity index (χ3v) is 5.72. The summed E-state index contributed by atoms with van der Waals surface area (Å²) in [6, 6.07) is 0. The summed E-state index contributed by atoms with van der Waals surface area (Å²) < 4.78 is 0.136. The molecule has 0 radical (unpaired) electrons. The highest BCUT2D eigenvalue weighted by Crippen LogP contribution is 2.42. The molecule has 7 heteroatoms. The van der Waals surface area contributed by atoms with E-state index in [1.807, 2.05) is 23.5 Å². The van der Waals surface area contributed by atoms with Gasteiger partial charge in [0, 0.05) is 6.54 Å². The summed E-state index contributed by atoms with van der Waals surface area (Å²) in [5, 5.41) is 20.9. The Morgan fingerprint density at radius 2 is 2.20 bits per heavy atom. The molecule has 0 aromatic heterocycles. The van der Waals surface area contributed by atoms with Crippen LogP contribution in [-0.2, 0) is 0 Å². The van der Waals surface area contributed by atoms with Crippen molar-refractivity contribution < 1.29 is 10.3 Å². The summed E-state index contributed by atoms with van der Waals surface area (Å²) in [4.78, 5) is 4.27. The van der Waals surface area contributed by atoms with E-state index >= 15 is 0 Å². The first-order valence-corrected chi connectivity index (χ1v) is 6.87. The van der Waals surface area contributed by atoms with Gasteiger partial charge in [-0.2, -0.15) is 5.48 Å². The van der Waals surface area contributed by atoms with E-state index in [4.69, 9.17) is 5.21 Å². The summed E-state index contributed by atoms with van der Waals surface area (Å²) in [5.74, 6) is 2.79. The van der Waals surface area contributed by atoms with Crippen LogP contribution < -0.4 is 10.8 Å². The van der Waals surface area contributed by atoms with Gasteiger partial charge in [-0.15, -0.1) is 23.5 Å². The maximum absolute atomic E-state index is 9.30. The molecule has 1 saturated heterocycles. The molecule has 86 valence electrons. The maximum Gasteiger partial charge on any atom is 0.184 e. The molecule has 1 spiro atoms. The van der Waals surface area contributed by atoms with Crippen molar-refractivity contribution >= 4 is 29.4 Å². The molecule has 2 aliphatic heterocycles. The third-order valence-electron chi connectivity index (χ3n) is 2.43. The van der Waals surface area contributed by atoms with Crippen molar-refractivity contribution in [1.29, 1.82) is 0 Å². The Hall–Kier alpha value is 0.0500. The predicted molar refractivity (Wildman–Crippen MR) is 63.5 cm³/mol. The van der Waals surface area contributed by atoms with Gasteiger partial charge < -0.3 is 15.6 Å². The minimum atomic E-state index is -1.10. The Morgan fingerprint density at radius 3 is 2.73 bits per heavy atom. The second kappa shape index (κ2) is 4.92. The second-order valence-electron chi connectivity index (χ2n) is 3.55. The number of hydroxylamine groups is 1. The van der Waals surface area contributed by atoms with E-state index in [0.717, 1.165) is 6.54 Å². The highest BCUT2D eigenvalue weighted by atomic mass is 32.2. The molecule has 1 unspecified atom stereocenters. The molecule has 0 bridgehead atoms. The van der Waals surface area contributed by atoms with Gasteiger partial charge in [-0.25, -0.2) is 0 Å². The average Bonchev–Trinajstić information content (AvgIpc) is 2.30. The topological polar surface area (TPSA) is 76.9 Å². The Kier molecular flexibility index (Phi) is 3.78. The molecule has 0 amide bonds. The fraction of sp³-hybridized carbons (Fsp3) is 0.875. The van der Waals surface area contributed by atoms with Gasteiger partial charge in [0.05, 0.1) is 10.6 Å². The van der Waals surface area contributed by atoms with Gasteiger partial charge in [0.1, 0.15) is 5.84 Å². The summed E-state index contributed by atoms with van der Waals surface area (Å²) in [7, 11) is 0. The lowest BCUT2D eigenvalue weighted by atomic mass is 10.3. The van der Waals surface area contributed by atoms with Crippen molar-refractivity contribution in [3.8, 4) is 0 Å². The van der Waals surface area contributed by atoms with Crippen molar-refractivity contribution in [2.45, 2.75) is 16.7 Å². The van der Waals surface area contributed by atoms with Crippen LogP contribution in [0.2, 0.25) is 0 Å². The third kappa shape index (κ3) is 2.59. The van der Waals surface area contributed by atoms with Crippen molar-refractivity contribution in [1.82, 2.24) is 10.8 Å². The van der Waals surface area contributed by atoms with Crippen molar-refractivity contribution in [2.75, 3.05) is 24.6 Å². The van der Waals surface area contributed by atoms with Crippen molar-refractivity contribution in [3.05, 3.63) is 0 Å². The molecule has 5 nitrogen and oxygen atoms in total. The van der Waals surface area contributed by atoms with Crippen LogP contribution in [0.3, 0.4) is 0 Å². The largest absolute Gasteiger partial charge is 0.370 e. The summed E-state index contributed by atoms with van der Waals surface area (Å²) >= 11 is 3.87. The number of aliphatic hydroxyl groups is 1. The fourth-order valence-corrected chi connectivity index (χ4v) is 4.59. The number of thioether (sulfide) groups is 2. The molecule has 2 heterocycles. The predicted octanol–water partition coefficient (Wildman–Crippen LogP) is -0.148. The second-order valence-corrected chi connectivity index (χ2v) is 6.76. The van der Waals surface area contributed by atoms with Crippen LogP contribution >= 0.6 is 23.5 Å². The zero-order valence-electron chi connectivity index (χ0n) is 8.27. The number of amidine groups is 1.